The van der Waals surface area contributed by atoms with Crippen LogP contribution in [-0.4, -0.2) is 12.8 Å². The maximum absolute atomic E-state index is 5.00. The van der Waals surface area contributed by atoms with Gasteiger partial charge >= 0.3 is 0 Å². The van der Waals surface area contributed by atoms with Gasteiger partial charge in [0, 0.05) is 5.56 Å². The smallest absolute Gasteiger partial charge is 0.136 e. The van der Waals surface area contributed by atoms with Crippen LogP contribution in [0, 0.1) is 0 Å². The second kappa shape index (κ2) is 5.02. The molecule has 2 rings (SSSR count). The van der Waals surface area contributed by atoms with E-state index in [0.717, 1.165) is 11.3 Å². The van der Waals surface area contributed by atoms with Gasteiger partial charge in [0.05, 0.1) is 0 Å². The number of hydrogen-bond donors (Lipinski definition) is 1. The quantitative estimate of drug-likeness (QED) is 0.620. The third-order valence-electron chi connectivity index (χ3n) is 2.06. The van der Waals surface area contributed by atoms with Crippen LogP contribution in [0.4, 0.5) is 0 Å². The first-order chi connectivity index (χ1) is 7.92. The molecule has 0 atom stereocenters. The van der Waals surface area contributed by atoms with Crippen LogP contribution in [0.15, 0.2) is 59.6 Å². The van der Waals surface area contributed by atoms with Crippen LogP contribution < -0.4 is 5.48 Å². The SMILES string of the molecule is CON=C(C1=CC=CON1)c1ccccc1. The van der Waals surface area contributed by atoms with Crippen molar-refractivity contribution < 1.29 is 9.68 Å². The van der Waals surface area contributed by atoms with E-state index in [1.54, 1.807) is 12.3 Å². The highest BCUT2D eigenvalue weighted by atomic mass is 16.6. The largest absolute Gasteiger partial charge is 0.399 e. The summed E-state index contributed by atoms with van der Waals surface area (Å²) in [6.45, 7) is 0. The summed E-state index contributed by atoms with van der Waals surface area (Å²) in [7, 11) is 1.52. The Balaban J connectivity index is 2.35. The number of rotatable bonds is 3. The third-order valence-corrected chi connectivity index (χ3v) is 2.06. The highest BCUT2D eigenvalue weighted by Crippen LogP contribution is 2.10. The number of hydroxylamine groups is 1. The lowest BCUT2D eigenvalue weighted by Crippen LogP contribution is -2.21. The molecule has 1 heterocycles. The minimum Gasteiger partial charge on any atom is -0.399 e. The predicted octanol–water partition coefficient (Wildman–Crippen LogP) is 1.97. The molecule has 1 aliphatic rings. The van der Waals surface area contributed by atoms with Gasteiger partial charge in [0.25, 0.3) is 0 Å². The van der Waals surface area contributed by atoms with Crippen LogP contribution >= 0.6 is 0 Å². The number of oxime groups is 1. The molecular formula is C12H12N2O2. The number of hydrogen-bond acceptors (Lipinski definition) is 4. The van der Waals surface area contributed by atoms with E-state index in [9.17, 15) is 0 Å². The molecule has 1 aromatic carbocycles. The summed E-state index contributed by atoms with van der Waals surface area (Å²) >= 11 is 0. The van der Waals surface area contributed by atoms with Crippen LogP contribution in [-0.2, 0) is 9.68 Å². The van der Waals surface area contributed by atoms with E-state index >= 15 is 0 Å². The zero-order chi connectivity index (χ0) is 11.2. The normalized spacial score (nSPS) is 14.8. The molecule has 0 fully saturated rings. The zero-order valence-corrected chi connectivity index (χ0v) is 8.88. The van der Waals surface area contributed by atoms with Gasteiger partial charge in [-0.25, -0.2) is 5.48 Å². The number of allylic oxidation sites excluding steroid dienone is 3. The van der Waals surface area contributed by atoms with Crippen molar-refractivity contribution in [2.24, 2.45) is 5.16 Å². The molecule has 0 amide bonds. The van der Waals surface area contributed by atoms with E-state index in [1.807, 2.05) is 36.4 Å². The molecule has 0 aliphatic carbocycles. The fourth-order valence-corrected chi connectivity index (χ4v) is 1.38. The van der Waals surface area contributed by atoms with Crippen molar-refractivity contribution in [2.75, 3.05) is 7.11 Å². The molecule has 0 saturated carbocycles. The Morgan fingerprint density at radius 1 is 1.31 bits per heavy atom. The van der Waals surface area contributed by atoms with Gasteiger partial charge in [0.2, 0.25) is 0 Å². The van der Waals surface area contributed by atoms with Crippen molar-refractivity contribution in [1.29, 1.82) is 0 Å². The maximum atomic E-state index is 5.00. The van der Waals surface area contributed by atoms with Crippen LogP contribution in [0.3, 0.4) is 0 Å². The van der Waals surface area contributed by atoms with E-state index in [2.05, 4.69) is 10.6 Å². The second-order valence-electron chi connectivity index (χ2n) is 3.12. The molecule has 0 aromatic heterocycles. The summed E-state index contributed by atoms with van der Waals surface area (Å²) in [6.07, 6.45) is 5.22. The molecular weight excluding hydrogens is 204 g/mol. The molecule has 0 saturated heterocycles. The second-order valence-corrected chi connectivity index (χ2v) is 3.12. The molecule has 1 N–H and O–H groups in total. The van der Waals surface area contributed by atoms with E-state index in [4.69, 9.17) is 9.68 Å². The Hall–Kier alpha value is -2.23. The number of benzene rings is 1. The molecule has 16 heavy (non-hydrogen) atoms. The van der Waals surface area contributed by atoms with Crippen molar-refractivity contribution >= 4 is 5.71 Å². The standard InChI is InChI=1S/C12H12N2O2/c1-15-14-12(10-6-3-2-4-7-10)11-8-5-9-16-13-11/h2-9,13H,1H3. The number of nitrogens with one attached hydrogen (secondary N) is 1. The fraction of sp³-hybridized carbons (Fsp3) is 0.0833. The van der Waals surface area contributed by atoms with Gasteiger partial charge in [-0.15, -0.1) is 0 Å². The zero-order valence-electron chi connectivity index (χ0n) is 8.88. The van der Waals surface area contributed by atoms with Crippen molar-refractivity contribution in [3.63, 3.8) is 0 Å². The van der Waals surface area contributed by atoms with E-state index in [-0.39, 0.29) is 0 Å². The molecule has 0 spiro atoms. The predicted molar refractivity (Wildman–Crippen MR) is 61.4 cm³/mol. The Morgan fingerprint density at radius 2 is 2.12 bits per heavy atom. The maximum Gasteiger partial charge on any atom is 0.136 e. The Labute approximate surface area is 93.8 Å². The monoisotopic (exact) mass is 216 g/mol. The molecule has 1 aliphatic heterocycles. The Bertz CT molecular complexity index is 436. The van der Waals surface area contributed by atoms with E-state index in [0.29, 0.717) is 5.71 Å². The highest BCUT2D eigenvalue weighted by Gasteiger charge is 2.11. The van der Waals surface area contributed by atoms with Crippen LogP contribution in [0.2, 0.25) is 0 Å². The van der Waals surface area contributed by atoms with Gasteiger partial charge in [0.1, 0.15) is 24.8 Å². The molecule has 0 bridgehead atoms. The molecule has 4 heteroatoms. The minimum atomic E-state index is 0.701. The highest BCUT2D eigenvalue weighted by molar-refractivity contribution is 6.12. The van der Waals surface area contributed by atoms with Crippen molar-refractivity contribution in [2.45, 2.75) is 0 Å². The summed E-state index contributed by atoms with van der Waals surface area (Å²) in [5.41, 5.74) is 5.19. The Kier molecular flexibility index (Phi) is 3.23. The van der Waals surface area contributed by atoms with E-state index in [1.165, 1.54) is 7.11 Å². The minimum absolute atomic E-state index is 0.701. The summed E-state index contributed by atoms with van der Waals surface area (Å²) in [6, 6.07) is 9.76. The summed E-state index contributed by atoms with van der Waals surface area (Å²) in [4.78, 5) is 9.83. The van der Waals surface area contributed by atoms with Crippen molar-refractivity contribution in [1.82, 2.24) is 5.48 Å². The average molecular weight is 216 g/mol. The van der Waals surface area contributed by atoms with Gasteiger partial charge in [-0.2, -0.15) is 0 Å². The van der Waals surface area contributed by atoms with Crippen LogP contribution in [0.25, 0.3) is 0 Å². The lowest BCUT2D eigenvalue weighted by atomic mass is 10.1. The van der Waals surface area contributed by atoms with Crippen LogP contribution in [0.5, 0.6) is 0 Å². The first-order valence-electron chi connectivity index (χ1n) is 4.87. The van der Waals surface area contributed by atoms with Crippen LogP contribution in [0.1, 0.15) is 5.56 Å². The molecule has 4 nitrogen and oxygen atoms in total. The molecule has 82 valence electrons. The molecule has 1 aromatic rings. The van der Waals surface area contributed by atoms with Gasteiger partial charge < -0.3 is 9.68 Å². The first kappa shape index (κ1) is 10.3. The van der Waals surface area contributed by atoms with Crippen molar-refractivity contribution in [3.8, 4) is 0 Å². The van der Waals surface area contributed by atoms with Gasteiger partial charge in [0.15, 0.2) is 0 Å². The van der Waals surface area contributed by atoms with Gasteiger partial charge in [-0.1, -0.05) is 35.5 Å². The Morgan fingerprint density at radius 3 is 2.75 bits per heavy atom. The lowest BCUT2D eigenvalue weighted by molar-refractivity contribution is 0.164. The number of nitrogens with zero attached hydrogens (tertiary/aromatic N) is 1. The van der Waals surface area contributed by atoms with Gasteiger partial charge in [-0.05, 0) is 12.2 Å². The average Bonchev–Trinajstić information content (AvgIpc) is 2.38. The lowest BCUT2D eigenvalue weighted by Gasteiger charge is -2.13. The summed E-state index contributed by atoms with van der Waals surface area (Å²) in [5, 5.41) is 3.99. The fourth-order valence-electron chi connectivity index (χ4n) is 1.38. The van der Waals surface area contributed by atoms with E-state index < -0.39 is 0 Å². The topological polar surface area (TPSA) is 42.9 Å². The molecule has 0 radical (unpaired) electrons. The third kappa shape index (κ3) is 2.23. The molecule has 0 unspecified atom stereocenters. The summed E-state index contributed by atoms with van der Waals surface area (Å²) in [5.74, 6) is 0. The van der Waals surface area contributed by atoms with Crippen molar-refractivity contribution in [3.05, 3.63) is 60.0 Å². The summed E-state index contributed by atoms with van der Waals surface area (Å²) < 4.78 is 0. The first-order valence-corrected chi connectivity index (χ1v) is 4.87. The van der Waals surface area contributed by atoms with Gasteiger partial charge in [-0.3, -0.25) is 0 Å².